The van der Waals surface area contributed by atoms with Crippen LogP contribution in [0.2, 0.25) is 0 Å². The van der Waals surface area contributed by atoms with Gasteiger partial charge in [0.15, 0.2) is 0 Å². The molecule has 0 saturated carbocycles. The summed E-state index contributed by atoms with van der Waals surface area (Å²) in [6.45, 7) is 2.37. The fraction of sp³-hybridized carbons (Fsp3) is 0.632. The van der Waals surface area contributed by atoms with Crippen LogP contribution in [-0.2, 0) is 20.8 Å². The first kappa shape index (κ1) is 21.0. The molecule has 7 heteroatoms. The Balaban J connectivity index is 0.00000243. The van der Waals surface area contributed by atoms with E-state index in [1.165, 1.54) is 0 Å². The van der Waals surface area contributed by atoms with E-state index in [9.17, 15) is 4.79 Å². The Morgan fingerprint density at radius 1 is 1.31 bits per heavy atom. The van der Waals surface area contributed by atoms with E-state index in [0.717, 1.165) is 43.6 Å². The van der Waals surface area contributed by atoms with Crippen LogP contribution < -0.4 is 10.5 Å². The van der Waals surface area contributed by atoms with E-state index in [0.29, 0.717) is 19.6 Å². The molecule has 0 aromatic heterocycles. The van der Waals surface area contributed by atoms with Gasteiger partial charge in [0.05, 0.1) is 19.3 Å². The average molecular weight is 385 g/mol. The summed E-state index contributed by atoms with van der Waals surface area (Å²) in [6, 6.07) is 7.82. The van der Waals surface area contributed by atoms with Crippen LogP contribution in [0.5, 0.6) is 5.75 Å². The lowest BCUT2D eigenvalue weighted by molar-refractivity contribution is -0.145. The van der Waals surface area contributed by atoms with Gasteiger partial charge in [0.1, 0.15) is 11.9 Å². The van der Waals surface area contributed by atoms with Crippen LogP contribution in [0.15, 0.2) is 24.3 Å². The Bertz CT molecular complexity index is 580. The van der Waals surface area contributed by atoms with Gasteiger partial charge in [-0.1, -0.05) is 12.1 Å². The Labute approximate surface area is 161 Å². The molecule has 1 unspecified atom stereocenters. The van der Waals surface area contributed by atoms with Crippen molar-refractivity contribution in [3.05, 3.63) is 29.8 Å². The second-order valence-corrected chi connectivity index (χ2v) is 6.77. The molecular formula is C19H29ClN2O4. The number of carbonyl (C=O) groups is 1. The Morgan fingerprint density at radius 3 is 2.81 bits per heavy atom. The molecule has 2 fully saturated rings. The molecule has 2 heterocycles. The highest BCUT2D eigenvalue weighted by atomic mass is 35.5. The maximum absolute atomic E-state index is 13.0. The van der Waals surface area contributed by atoms with Crippen molar-refractivity contribution in [2.45, 2.75) is 50.5 Å². The van der Waals surface area contributed by atoms with Crippen molar-refractivity contribution in [3.8, 4) is 5.75 Å². The summed E-state index contributed by atoms with van der Waals surface area (Å²) < 4.78 is 16.9. The number of hydrogen-bond donors (Lipinski definition) is 1. The first-order valence-electron chi connectivity index (χ1n) is 9.08. The van der Waals surface area contributed by atoms with E-state index in [4.69, 9.17) is 19.9 Å². The molecule has 26 heavy (non-hydrogen) atoms. The fourth-order valence-corrected chi connectivity index (χ4v) is 3.52. The molecule has 1 amide bonds. The second-order valence-electron chi connectivity index (χ2n) is 6.77. The van der Waals surface area contributed by atoms with Gasteiger partial charge in [0, 0.05) is 26.2 Å². The Hall–Kier alpha value is -1.34. The summed E-state index contributed by atoms with van der Waals surface area (Å²) >= 11 is 0. The van der Waals surface area contributed by atoms with Crippen molar-refractivity contribution < 1.29 is 19.0 Å². The lowest BCUT2D eigenvalue weighted by atomic mass is 10.1. The van der Waals surface area contributed by atoms with Gasteiger partial charge >= 0.3 is 0 Å². The van der Waals surface area contributed by atoms with Gasteiger partial charge in [-0.25, -0.2) is 0 Å². The average Bonchev–Trinajstić information content (AvgIpc) is 3.32. The second kappa shape index (κ2) is 10.1. The monoisotopic (exact) mass is 384 g/mol. The minimum atomic E-state index is -0.388. The van der Waals surface area contributed by atoms with Gasteiger partial charge in [-0.05, 0) is 43.4 Å². The summed E-state index contributed by atoms with van der Waals surface area (Å²) in [5, 5.41) is 0. The van der Waals surface area contributed by atoms with E-state index >= 15 is 0 Å². The number of ether oxygens (including phenoxy) is 3. The standard InChI is InChI=1S/C19H28N2O4.ClH/c1-23-15-5-2-4-14(10-15)12-21(13-17-6-3-9-24-17)19(22)18-8-7-16(11-20)25-18;/h2,4-5,10,16-18H,3,6-9,11-13,20H2,1H3;1H/t16-,17?,18+;/m1./s1. The molecule has 2 saturated heterocycles. The smallest absolute Gasteiger partial charge is 0.252 e. The van der Waals surface area contributed by atoms with Crippen LogP contribution in [0.3, 0.4) is 0 Å². The van der Waals surface area contributed by atoms with Crippen molar-refractivity contribution >= 4 is 18.3 Å². The molecule has 1 aromatic carbocycles. The number of hydrogen-bond acceptors (Lipinski definition) is 5. The zero-order valence-corrected chi connectivity index (χ0v) is 16.1. The van der Waals surface area contributed by atoms with E-state index < -0.39 is 0 Å². The van der Waals surface area contributed by atoms with E-state index in [2.05, 4.69) is 0 Å². The number of rotatable bonds is 7. The molecule has 0 aliphatic carbocycles. The highest BCUT2D eigenvalue weighted by Crippen LogP contribution is 2.24. The molecule has 2 aliphatic rings. The number of carbonyl (C=O) groups excluding carboxylic acids is 1. The highest BCUT2D eigenvalue weighted by Gasteiger charge is 2.34. The zero-order valence-electron chi connectivity index (χ0n) is 15.3. The Morgan fingerprint density at radius 2 is 2.15 bits per heavy atom. The number of amides is 1. The van der Waals surface area contributed by atoms with Gasteiger partial charge in [-0.15, -0.1) is 12.4 Å². The Kier molecular flexibility index (Phi) is 8.15. The van der Waals surface area contributed by atoms with Crippen molar-refractivity contribution in [3.63, 3.8) is 0 Å². The maximum Gasteiger partial charge on any atom is 0.252 e. The number of nitrogens with zero attached hydrogens (tertiary/aromatic N) is 1. The number of nitrogens with two attached hydrogens (primary N) is 1. The highest BCUT2D eigenvalue weighted by molar-refractivity contribution is 5.85. The fourth-order valence-electron chi connectivity index (χ4n) is 3.52. The van der Waals surface area contributed by atoms with Crippen LogP contribution in [0, 0.1) is 0 Å². The van der Waals surface area contributed by atoms with E-state index in [1.54, 1.807) is 7.11 Å². The summed E-state index contributed by atoms with van der Waals surface area (Å²) in [5.74, 6) is 0.830. The summed E-state index contributed by atoms with van der Waals surface area (Å²) in [7, 11) is 1.65. The topological polar surface area (TPSA) is 74.0 Å². The third-order valence-corrected chi connectivity index (χ3v) is 4.91. The largest absolute Gasteiger partial charge is 0.497 e. The quantitative estimate of drug-likeness (QED) is 0.779. The summed E-state index contributed by atoms with van der Waals surface area (Å²) in [4.78, 5) is 14.9. The molecule has 3 atom stereocenters. The summed E-state index contributed by atoms with van der Waals surface area (Å²) in [5.41, 5.74) is 6.72. The third-order valence-electron chi connectivity index (χ3n) is 4.91. The SMILES string of the molecule is COc1cccc(CN(CC2CCCO2)C(=O)[C@@H]2CC[C@H](CN)O2)c1.Cl. The van der Waals surface area contributed by atoms with Gasteiger partial charge in [-0.2, -0.15) is 0 Å². The number of benzene rings is 1. The molecule has 2 N–H and O–H groups in total. The van der Waals surface area contributed by atoms with Gasteiger partial charge in [0.25, 0.3) is 5.91 Å². The predicted molar refractivity (Wildman–Crippen MR) is 102 cm³/mol. The first-order valence-corrected chi connectivity index (χ1v) is 9.08. The molecule has 6 nitrogen and oxygen atoms in total. The van der Waals surface area contributed by atoms with E-state index in [-0.39, 0.29) is 36.6 Å². The van der Waals surface area contributed by atoms with Gasteiger partial charge in [0.2, 0.25) is 0 Å². The molecule has 2 aliphatic heterocycles. The maximum atomic E-state index is 13.0. The molecule has 0 spiro atoms. The normalized spacial score (nSPS) is 24.9. The van der Waals surface area contributed by atoms with Crippen molar-refractivity contribution in [2.75, 3.05) is 26.8 Å². The first-order chi connectivity index (χ1) is 12.2. The van der Waals surface area contributed by atoms with Crippen LogP contribution in [0.25, 0.3) is 0 Å². The number of halogens is 1. The minimum absolute atomic E-state index is 0. The molecule has 3 rings (SSSR count). The minimum Gasteiger partial charge on any atom is -0.497 e. The summed E-state index contributed by atoms with van der Waals surface area (Å²) in [6.07, 6.45) is 3.36. The van der Waals surface area contributed by atoms with Crippen LogP contribution in [-0.4, -0.2) is 55.9 Å². The number of methoxy groups -OCH3 is 1. The third kappa shape index (κ3) is 5.33. The van der Waals surface area contributed by atoms with Crippen LogP contribution >= 0.6 is 12.4 Å². The molecule has 0 radical (unpaired) electrons. The zero-order chi connectivity index (χ0) is 17.6. The van der Waals surface area contributed by atoms with Crippen LogP contribution in [0.1, 0.15) is 31.2 Å². The molecule has 1 aromatic rings. The predicted octanol–water partition coefficient (Wildman–Crippen LogP) is 2.13. The van der Waals surface area contributed by atoms with Gasteiger partial charge in [-0.3, -0.25) is 4.79 Å². The molecule has 146 valence electrons. The van der Waals surface area contributed by atoms with Crippen molar-refractivity contribution in [2.24, 2.45) is 5.73 Å². The lowest BCUT2D eigenvalue weighted by Crippen LogP contribution is -2.43. The molecular weight excluding hydrogens is 356 g/mol. The van der Waals surface area contributed by atoms with Crippen molar-refractivity contribution in [1.29, 1.82) is 0 Å². The lowest BCUT2D eigenvalue weighted by Gasteiger charge is -2.28. The van der Waals surface area contributed by atoms with Gasteiger partial charge < -0.3 is 24.8 Å². The van der Waals surface area contributed by atoms with Crippen LogP contribution in [0.4, 0.5) is 0 Å². The van der Waals surface area contributed by atoms with E-state index in [1.807, 2.05) is 29.2 Å². The van der Waals surface area contributed by atoms with Crippen molar-refractivity contribution in [1.82, 2.24) is 4.90 Å². The molecule has 0 bridgehead atoms.